The van der Waals surface area contributed by atoms with Crippen molar-refractivity contribution in [1.82, 2.24) is 19.6 Å². The second-order valence-corrected chi connectivity index (χ2v) is 6.66. The third-order valence-corrected chi connectivity index (χ3v) is 4.63. The fourth-order valence-corrected chi connectivity index (χ4v) is 3.29. The van der Waals surface area contributed by atoms with E-state index in [2.05, 4.69) is 10.2 Å². The molecule has 7 nitrogen and oxygen atoms in total. The molecule has 136 valence electrons. The van der Waals surface area contributed by atoms with Crippen LogP contribution in [0.4, 0.5) is 0 Å². The molecule has 3 aromatic rings. The summed E-state index contributed by atoms with van der Waals surface area (Å²) in [6.45, 7) is 3.66. The average molecular weight is 375 g/mol. The van der Waals surface area contributed by atoms with Gasteiger partial charge in [-0.1, -0.05) is 17.7 Å². The first kappa shape index (κ1) is 17.2. The van der Waals surface area contributed by atoms with Gasteiger partial charge in [0.25, 0.3) is 5.56 Å². The van der Waals surface area contributed by atoms with Crippen molar-refractivity contribution in [2.45, 2.75) is 32.6 Å². The lowest BCUT2D eigenvalue weighted by molar-refractivity contribution is -0.182. The molecule has 1 fully saturated rings. The highest BCUT2D eigenvalue weighted by atomic mass is 35.5. The monoisotopic (exact) mass is 374 g/mol. The number of benzene rings is 1. The van der Waals surface area contributed by atoms with E-state index < -0.39 is 0 Å². The molecule has 0 atom stereocenters. The quantitative estimate of drug-likeness (QED) is 0.702. The smallest absolute Gasteiger partial charge is 0.293 e. The minimum absolute atomic E-state index is 0.195. The van der Waals surface area contributed by atoms with Gasteiger partial charge in [-0.2, -0.15) is 10.2 Å². The molecule has 4 rings (SSSR count). The highest BCUT2D eigenvalue weighted by Gasteiger charge is 2.18. The van der Waals surface area contributed by atoms with Gasteiger partial charge >= 0.3 is 0 Å². The van der Waals surface area contributed by atoms with Crippen LogP contribution < -0.4 is 5.56 Å². The zero-order valence-corrected chi connectivity index (χ0v) is 15.1. The molecule has 0 saturated carbocycles. The van der Waals surface area contributed by atoms with Crippen LogP contribution in [0.1, 0.15) is 18.5 Å². The molecule has 0 unspecified atom stereocenters. The van der Waals surface area contributed by atoms with Gasteiger partial charge in [-0.15, -0.1) is 0 Å². The molecule has 0 N–H and O–H groups in total. The number of aromatic nitrogens is 4. The largest absolute Gasteiger partial charge is 0.353 e. The average Bonchev–Trinajstić information content (AvgIpc) is 3.10. The van der Waals surface area contributed by atoms with Crippen molar-refractivity contribution >= 4 is 22.5 Å². The van der Waals surface area contributed by atoms with E-state index in [4.69, 9.17) is 21.1 Å². The van der Waals surface area contributed by atoms with E-state index in [-0.39, 0.29) is 11.8 Å². The summed E-state index contributed by atoms with van der Waals surface area (Å²) in [5, 5.41) is 10.1. The minimum Gasteiger partial charge on any atom is -0.353 e. The van der Waals surface area contributed by atoms with Crippen molar-refractivity contribution in [3.05, 3.63) is 51.5 Å². The van der Waals surface area contributed by atoms with E-state index in [1.165, 1.54) is 4.68 Å². The Hall–Kier alpha value is -2.22. The molecule has 8 heteroatoms. The number of hydrogen-bond acceptors (Lipinski definition) is 5. The molecular weight excluding hydrogens is 356 g/mol. The maximum Gasteiger partial charge on any atom is 0.293 e. The summed E-state index contributed by atoms with van der Waals surface area (Å²) in [7, 11) is 0. The highest BCUT2D eigenvalue weighted by Crippen LogP contribution is 2.20. The summed E-state index contributed by atoms with van der Waals surface area (Å²) in [6.07, 6.45) is 2.85. The normalized spacial score (nSPS) is 15.6. The number of nitrogens with zero attached hydrogens (tertiary/aromatic N) is 4. The molecule has 2 aromatic heterocycles. The first-order valence-electron chi connectivity index (χ1n) is 8.58. The Kier molecular flexibility index (Phi) is 4.76. The van der Waals surface area contributed by atoms with Crippen LogP contribution in [0.15, 0.2) is 35.3 Å². The van der Waals surface area contributed by atoms with Crippen molar-refractivity contribution in [2.24, 2.45) is 0 Å². The molecule has 1 aliphatic rings. The second kappa shape index (κ2) is 7.19. The van der Waals surface area contributed by atoms with E-state index in [9.17, 15) is 4.79 Å². The van der Waals surface area contributed by atoms with E-state index in [1.54, 1.807) is 23.0 Å². The summed E-state index contributed by atoms with van der Waals surface area (Å²) >= 11 is 6.09. The van der Waals surface area contributed by atoms with Crippen molar-refractivity contribution in [2.75, 3.05) is 13.2 Å². The summed E-state index contributed by atoms with van der Waals surface area (Å²) in [4.78, 5) is 13.0. The van der Waals surface area contributed by atoms with Gasteiger partial charge in [-0.25, -0.2) is 9.36 Å². The predicted molar refractivity (Wildman–Crippen MR) is 97.8 cm³/mol. The zero-order valence-electron chi connectivity index (χ0n) is 14.4. The van der Waals surface area contributed by atoms with Gasteiger partial charge in [0.1, 0.15) is 5.52 Å². The number of halogens is 1. The molecule has 0 radical (unpaired) electrons. The first-order chi connectivity index (χ1) is 12.6. The van der Waals surface area contributed by atoms with Crippen molar-refractivity contribution in [3.8, 4) is 5.69 Å². The Morgan fingerprint density at radius 1 is 1.31 bits per heavy atom. The molecule has 0 aliphatic carbocycles. The lowest BCUT2D eigenvalue weighted by atomic mass is 10.2. The van der Waals surface area contributed by atoms with Crippen molar-refractivity contribution in [3.63, 3.8) is 0 Å². The fraction of sp³-hybridized carbons (Fsp3) is 0.389. The summed E-state index contributed by atoms with van der Waals surface area (Å²) < 4.78 is 14.2. The Morgan fingerprint density at radius 3 is 2.88 bits per heavy atom. The van der Waals surface area contributed by atoms with Crippen molar-refractivity contribution < 1.29 is 9.47 Å². The topological polar surface area (TPSA) is 71.2 Å². The lowest BCUT2D eigenvalue weighted by Crippen LogP contribution is -2.30. The standard InChI is InChI=1S/C18H19ClN4O3/c1-12-15-11-20-23(14-5-2-4-13(19)10-14)17(15)18(24)22(21-12)7-6-16-25-8-3-9-26-16/h2,4-5,10-11,16H,3,6-9H2,1H3. The molecule has 3 heterocycles. The summed E-state index contributed by atoms with van der Waals surface area (Å²) in [5.41, 5.74) is 1.78. The zero-order chi connectivity index (χ0) is 18.1. The number of hydrogen-bond donors (Lipinski definition) is 0. The third-order valence-electron chi connectivity index (χ3n) is 4.39. The van der Waals surface area contributed by atoms with Gasteiger partial charge in [-0.05, 0) is 31.5 Å². The van der Waals surface area contributed by atoms with E-state index in [0.29, 0.717) is 36.7 Å². The SMILES string of the molecule is Cc1nn(CCC2OCCCO2)c(=O)c2c1cnn2-c1cccc(Cl)c1. The van der Waals surface area contributed by atoms with E-state index in [1.807, 2.05) is 19.1 Å². The molecule has 26 heavy (non-hydrogen) atoms. The van der Waals surface area contributed by atoms with Gasteiger partial charge in [0.15, 0.2) is 6.29 Å². The maximum atomic E-state index is 13.0. The van der Waals surface area contributed by atoms with E-state index in [0.717, 1.165) is 23.2 Å². The molecule has 0 amide bonds. The molecule has 0 bridgehead atoms. The number of aryl methyl sites for hydroxylation is 2. The molecule has 1 aromatic carbocycles. The molecule has 1 aliphatic heterocycles. The van der Waals surface area contributed by atoms with Gasteiger partial charge in [0, 0.05) is 23.4 Å². The van der Waals surface area contributed by atoms with Crippen LogP contribution in [0.3, 0.4) is 0 Å². The molecular formula is C18H19ClN4O3. The lowest BCUT2D eigenvalue weighted by Gasteiger charge is -2.23. The van der Waals surface area contributed by atoms with Gasteiger partial charge < -0.3 is 9.47 Å². The number of rotatable bonds is 4. The third kappa shape index (κ3) is 3.25. The predicted octanol–water partition coefficient (Wildman–Crippen LogP) is 2.70. The first-order valence-corrected chi connectivity index (χ1v) is 8.96. The summed E-state index contributed by atoms with van der Waals surface area (Å²) in [6, 6.07) is 7.25. The molecule has 1 saturated heterocycles. The second-order valence-electron chi connectivity index (χ2n) is 6.23. The Bertz CT molecular complexity index is 992. The minimum atomic E-state index is -0.286. The Balaban J connectivity index is 1.72. The fourth-order valence-electron chi connectivity index (χ4n) is 3.11. The van der Waals surface area contributed by atoms with Crippen LogP contribution in [0, 0.1) is 6.92 Å². The molecule has 0 spiro atoms. The number of fused-ring (bicyclic) bond motifs is 1. The maximum absolute atomic E-state index is 13.0. The van der Waals surface area contributed by atoms with Crippen LogP contribution >= 0.6 is 11.6 Å². The van der Waals surface area contributed by atoms with Crippen molar-refractivity contribution in [1.29, 1.82) is 0 Å². The van der Waals surface area contributed by atoms with Gasteiger partial charge in [0.2, 0.25) is 0 Å². The van der Waals surface area contributed by atoms with Crippen LogP contribution in [0.5, 0.6) is 0 Å². The van der Waals surface area contributed by atoms with Crippen LogP contribution in [0.25, 0.3) is 16.6 Å². The Morgan fingerprint density at radius 2 is 2.12 bits per heavy atom. The van der Waals surface area contributed by atoms with E-state index >= 15 is 0 Å². The highest BCUT2D eigenvalue weighted by molar-refractivity contribution is 6.30. The van der Waals surface area contributed by atoms with Gasteiger partial charge in [-0.3, -0.25) is 4.79 Å². The number of ether oxygens (including phenoxy) is 2. The van der Waals surface area contributed by atoms with Gasteiger partial charge in [0.05, 0.1) is 30.8 Å². The Labute approximate surface area is 155 Å². The van der Waals surface area contributed by atoms with Crippen LogP contribution in [0.2, 0.25) is 5.02 Å². The van der Waals surface area contributed by atoms with Crippen LogP contribution in [-0.2, 0) is 16.0 Å². The van der Waals surface area contributed by atoms with Crippen LogP contribution in [-0.4, -0.2) is 39.1 Å². The summed E-state index contributed by atoms with van der Waals surface area (Å²) in [5.74, 6) is 0.